The van der Waals surface area contributed by atoms with Gasteiger partial charge < -0.3 is 20.3 Å². The molecule has 0 unspecified atom stereocenters. The second-order valence-corrected chi connectivity index (χ2v) is 6.57. The molecule has 2 N–H and O–H groups in total. The number of guanidine groups is 1. The van der Waals surface area contributed by atoms with Crippen LogP contribution in [0.1, 0.15) is 24.0 Å². The van der Waals surface area contributed by atoms with Gasteiger partial charge in [-0.1, -0.05) is 29.8 Å². The van der Waals surface area contributed by atoms with E-state index in [1.165, 1.54) is 37.1 Å². The molecule has 142 valence electrons. The number of likely N-dealkylation sites (tertiary alicyclic amines) is 1. The Morgan fingerprint density at radius 1 is 1.20 bits per heavy atom. The molecular formula is C19H33IN4O. The number of aryl methyl sites for hydroxylation is 1. The number of hydrogen-bond donors (Lipinski definition) is 2. The van der Waals surface area contributed by atoms with Gasteiger partial charge in [-0.15, -0.1) is 24.0 Å². The van der Waals surface area contributed by atoms with Crippen molar-refractivity contribution in [3.8, 4) is 0 Å². The largest absolute Gasteiger partial charge is 0.383 e. The Morgan fingerprint density at radius 2 is 1.88 bits per heavy atom. The van der Waals surface area contributed by atoms with E-state index < -0.39 is 0 Å². The molecule has 0 saturated carbocycles. The Morgan fingerprint density at radius 3 is 2.48 bits per heavy atom. The molecule has 2 rings (SSSR count). The number of piperidine rings is 1. The van der Waals surface area contributed by atoms with Gasteiger partial charge in [-0.05, 0) is 44.3 Å². The van der Waals surface area contributed by atoms with Crippen LogP contribution in [0.25, 0.3) is 0 Å². The highest BCUT2D eigenvalue weighted by Crippen LogP contribution is 2.15. The van der Waals surface area contributed by atoms with Crippen LogP contribution in [0.5, 0.6) is 0 Å². The van der Waals surface area contributed by atoms with Crippen LogP contribution < -0.4 is 10.6 Å². The highest BCUT2D eigenvalue weighted by molar-refractivity contribution is 14.0. The number of hydrogen-bond acceptors (Lipinski definition) is 3. The molecule has 1 aromatic rings. The summed E-state index contributed by atoms with van der Waals surface area (Å²) >= 11 is 0. The minimum Gasteiger partial charge on any atom is -0.383 e. The molecule has 1 saturated heterocycles. The van der Waals surface area contributed by atoms with Crippen LogP contribution in [0, 0.1) is 12.8 Å². The van der Waals surface area contributed by atoms with Gasteiger partial charge in [0.1, 0.15) is 0 Å². The monoisotopic (exact) mass is 460 g/mol. The van der Waals surface area contributed by atoms with Crippen LogP contribution in [-0.4, -0.2) is 57.8 Å². The van der Waals surface area contributed by atoms with Gasteiger partial charge in [-0.2, -0.15) is 0 Å². The average Bonchev–Trinajstić information content (AvgIpc) is 2.62. The molecule has 25 heavy (non-hydrogen) atoms. The Kier molecular flexibility index (Phi) is 11.1. The van der Waals surface area contributed by atoms with Crippen LogP contribution >= 0.6 is 24.0 Å². The SMILES string of the molecule is CN=C(NCc1ccc(C)cc1)NCC1CCN(CCOC)CC1.I. The van der Waals surface area contributed by atoms with Gasteiger partial charge in [-0.3, -0.25) is 4.99 Å². The molecule has 0 aliphatic carbocycles. The fourth-order valence-corrected chi connectivity index (χ4v) is 2.99. The van der Waals surface area contributed by atoms with Crippen molar-refractivity contribution in [2.45, 2.75) is 26.3 Å². The summed E-state index contributed by atoms with van der Waals surface area (Å²) in [6.07, 6.45) is 2.48. The molecule has 0 amide bonds. The first-order valence-corrected chi connectivity index (χ1v) is 8.92. The number of nitrogens with zero attached hydrogens (tertiary/aromatic N) is 2. The summed E-state index contributed by atoms with van der Waals surface area (Å²) in [7, 11) is 3.60. The summed E-state index contributed by atoms with van der Waals surface area (Å²) in [4.78, 5) is 6.82. The zero-order valence-electron chi connectivity index (χ0n) is 15.8. The van der Waals surface area contributed by atoms with Gasteiger partial charge in [-0.25, -0.2) is 0 Å². The molecule has 1 aromatic carbocycles. The predicted molar refractivity (Wildman–Crippen MR) is 116 cm³/mol. The lowest BCUT2D eigenvalue weighted by molar-refractivity contribution is 0.121. The molecule has 5 nitrogen and oxygen atoms in total. The van der Waals surface area contributed by atoms with E-state index in [2.05, 4.69) is 51.7 Å². The summed E-state index contributed by atoms with van der Waals surface area (Å²) in [5, 5.41) is 6.87. The third kappa shape index (κ3) is 8.37. The van der Waals surface area contributed by atoms with E-state index in [0.29, 0.717) is 0 Å². The number of nitrogens with one attached hydrogen (secondary N) is 2. The van der Waals surface area contributed by atoms with E-state index in [9.17, 15) is 0 Å². The maximum Gasteiger partial charge on any atom is 0.191 e. The summed E-state index contributed by atoms with van der Waals surface area (Å²) < 4.78 is 5.16. The van der Waals surface area contributed by atoms with E-state index in [0.717, 1.165) is 38.1 Å². The van der Waals surface area contributed by atoms with Crippen LogP contribution in [-0.2, 0) is 11.3 Å². The molecule has 0 bridgehead atoms. The second kappa shape index (κ2) is 12.5. The number of methoxy groups -OCH3 is 1. The number of aliphatic imine (C=N–C) groups is 1. The fourth-order valence-electron chi connectivity index (χ4n) is 2.99. The van der Waals surface area contributed by atoms with Gasteiger partial charge in [0.2, 0.25) is 0 Å². The molecule has 6 heteroatoms. The molecule has 1 aliphatic rings. The Bertz CT molecular complexity index is 499. The maximum atomic E-state index is 5.16. The lowest BCUT2D eigenvalue weighted by Gasteiger charge is -2.32. The quantitative estimate of drug-likeness (QED) is 0.373. The summed E-state index contributed by atoms with van der Waals surface area (Å²) in [5.41, 5.74) is 2.56. The highest BCUT2D eigenvalue weighted by Gasteiger charge is 2.18. The van der Waals surface area contributed by atoms with Crippen LogP contribution in [0.15, 0.2) is 29.3 Å². The zero-order valence-corrected chi connectivity index (χ0v) is 18.1. The topological polar surface area (TPSA) is 48.9 Å². The molecular weight excluding hydrogens is 427 g/mol. The summed E-state index contributed by atoms with van der Waals surface area (Å²) in [6, 6.07) is 8.60. The smallest absolute Gasteiger partial charge is 0.191 e. The van der Waals surface area contributed by atoms with Gasteiger partial charge in [0.05, 0.1) is 6.61 Å². The second-order valence-electron chi connectivity index (χ2n) is 6.57. The zero-order chi connectivity index (χ0) is 17.2. The first kappa shape index (κ1) is 22.2. The molecule has 0 aromatic heterocycles. The van der Waals surface area contributed by atoms with Gasteiger partial charge in [0.15, 0.2) is 5.96 Å². The Hall–Kier alpha value is -0.860. The van der Waals surface area contributed by atoms with E-state index in [4.69, 9.17) is 4.74 Å². The predicted octanol–water partition coefficient (Wildman–Crippen LogP) is 2.64. The lowest BCUT2D eigenvalue weighted by atomic mass is 9.97. The molecule has 0 radical (unpaired) electrons. The minimum absolute atomic E-state index is 0. The van der Waals surface area contributed by atoms with Crippen molar-refractivity contribution in [1.29, 1.82) is 0 Å². The van der Waals surface area contributed by atoms with E-state index in [1.807, 2.05) is 7.05 Å². The van der Waals surface area contributed by atoms with Crippen LogP contribution in [0.3, 0.4) is 0 Å². The highest BCUT2D eigenvalue weighted by atomic mass is 127. The molecule has 0 spiro atoms. The number of ether oxygens (including phenoxy) is 1. The third-order valence-corrected chi connectivity index (χ3v) is 4.68. The van der Waals surface area contributed by atoms with Crippen molar-refractivity contribution in [3.05, 3.63) is 35.4 Å². The molecule has 1 aliphatic heterocycles. The third-order valence-electron chi connectivity index (χ3n) is 4.68. The normalized spacial score (nSPS) is 16.4. The number of benzene rings is 1. The molecule has 1 fully saturated rings. The Balaban J connectivity index is 0.00000312. The lowest BCUT2D eigenvalue weighted by Crippen LogP contribution is -2.43. The van der Waals surface area contributed by atoms with E-state index in [1.54, 1.807) is 7.11 Å². The van der Waals surface area contributed by atoms with Crippen LogP contribution in [0.2, 0.25) is 0 Å². The van der Waals surface area contributed by atoms with Crippen molar-refractivity contribution < 1.29 is 4.74 Å². The number of rotatable bonds is 7. The standard InChI is InChI=1S/C19H32N4O.HI/c1-16-4-6-17(7-5-16)14-21-19(20-2)22-15-18-8-10-23(11-9-18)12-13-24-3;/h4-7,18H,8-15H2,1-3H3,(H2,20,21,22);1H. The van der Waals surface area contributed by atoms with Crippen molar-refractivity contribution in [3.63, 3.8) is 0 Å². The van der Waals surface area contributed by atoms with Crippen molar-refractivity contribution in [2.75, 3.05) is 46.9 Å². The minimum atomic E-state index is 0. The van der Waals surface area contributed by atoms with E-state index >= 15 is 0 Å². The first-order chi connectivity index (χ1) is 11.7. The van der Waals surface area contributed by atoms with Gasteiger partial charge in [0.25, 0.3) is 0 Å². The van der Waals surface area contributed by atoms with Crippen LogP contribution in [0.4, 0.5) is 0 Å². The van der Waals surface area contributed by atoms with Gasteiger partial charge >= 0.3 is 0 Å². The maximum absolute atomic E-state index is 5.16. The van der Waals surface area contributed by atoms with Crippen molar-refractivity contribution in [2.24, 2.45) is 10.9 Å². The summed E-state index contributed by atoms with van der Waals surface area (Å²) in [5.74, 6) is 1.61. The molecule has 1 heterocycles. The Labute approximate surface area is 169 Å². The van der Waals surface area contributed by atoms with Crippen molar-refractivity contribution >= 4 is 29.9 Å². The number of halogens is 1. The molecule has 0 atom stereocenters. The average molecular weight is 460 g/mol. The van der Waals surface area contributed by atoms with Crippen molar-refractivity contribution in [1.82, 2.24) is 15.5 Å². The van der Waals surface area contributed by atoms with Gasteiger partial charge in [0, 0.05) is 33.8 Å². The van der Waals surface area contributed by atoms with E-state index in [-0.39, 0.29) is 24.0 Å². The summed E-state index contributed by atoms with van der Waals surface area (Å²) in [6.45, 7) is 8.13. The fraction of sp³-hybridized carbons (Fsp3) is 0.632. The first-order valence-electron chi connectivity index (χ1n) is 8.92.